The van der Waals surface area contributed by atoms with Crippen LogP contribution in [-0.2, 0) is 0 Å². The van der Waals surface area contributed by atoms with Gasteiger partial charge in [0.1, 0.15) is 11.5 Å². The summed E-state index contributed by atoms with van der Waals surface area (Å²) in [4.78, 5) is 4.83. The molecular formula is C21H28N2O3. The fourth-order valence-corrected chi connectivity index (χ4v) is 3.57. The van der Waals surface area contributed by atoms with Crippen LogP contribution in [0.15, 0.2) is 48.5 Å². The smallest absolute Gasteiger partial charge is 0.118 e. The summed E-state index contributed by atoms with van der Waals surface area (Å²) in [5.74, 6) is 1.74. The fraction of sp³-hybridized carbons (Fsp3) is 0.429. The van der Waals surface area contributed by atoms with Crippen molar-refractivity contribution in [3.63, 3.8) is 0 Å². The highest BCUT2D eigenvalue weighted by Gasteiger charge is 2.26. The first kappa shape index (κ1) is 18.7. The molecule has 2 aromatic rings. The van der Waals surface area contributed by atoms with Crippen molar-refractivity contribution < 1.29 is 14.6 Å². The first-order valence-electron chi connectivity index (χ1n) is 9.10. The number of methoxy groups -OCH3 is 2. The summed E-state index contributed by atoms with van der Waals surface area (Å²) in [5, 5.41) is 9.17. The largest absolute Gasteiger partial charge is 0.497 e. The van der Waals surface area contributed by atoms with Crippen LogP contribution in [0.1, 0.15) is 17.2 Å². The van der Waals surface area contributed by atoms with Gasteiger partial charge in [-0.15, -0.1) is 0 Å². The minimum absolute atomic E-state index is 0.197. The van der Waals surface area contributed by atoms with Gasteiger partial charge in [0.25, 0.3) is 0 Å². The standard InChI is InChI=1S/C21H28N2O3/c1-25-19-7-3-17(4-8-19)21(18-5-9-20(26-2)10-6-18)23-13-11-22(12-14-23)15-16-24/h3-10,21,24H,11-16H2,1-2H3. The van der Waals surface area contributed by atoms with E-state index in [0.29, 0.717) is 0 Å². The maximum absolute atomic E-state index is 9.17. The highest BCUT2D eigenvalue weighted by atomic mass is 16.5. The van der Waals surface area contributed by atoms with Crippen molar-refractivity contribution in [2.75, 3.05) is 53.6 Å². The summed E-state index contributed by atoms with van der Waals surface area (Å²) in [7, 11) is 3.38. The van der Waals surface area contributed by atoms with Crippen LogP contribution in [0.5, 0.6) is 11.5 Å². The van der Waals surface area contributed by atoms with Crippen molar-refractivity contribution in [1.29, 1.82) is 0 Å². The lowest BCUT2D eigenvalue weighted by Gasteiger charge is -2.39. The quantitative estimate of drug-likeness (QED) is 0.825. The van der Waals surface area contributed by atoms with E-state index in [2.05, 4.69) is 34.1 Å². The Morgan fingerprint density at radius 2 is 1.27 bits per heavy atom. The number of hydrogen-bond acceptors (Lipinski definition) is 5. The molecule has 0 radical (unpaired) electrons. The molecule has 1 fully saturated rings. The lowest BCUT2D eigenvalue weighted by molar-refractivity contribution is 0.0944. The van der Waals surface area contributed by atoms with E-state index in [-0.39, 0.29) is 12.6 Å². The van der Waals surface area contributed by atoms with Gasteiger partial charge in [-0.25, -0.2) is 0 Å². The molecule has 1 saturated heterocycles. The van der Waals surface area contributed by atoms with Crippen molar-refractivity contribution in [2.45, 2.75) is 6.04 Å². The number of benzene rings is 2. The number of β-amino-alcohol motifs (C(OH)–C–C–N with tert-alkyl or cyclic N) is 1. The summed E-state index contributed by atoms with van der Waals surface area (Å²) >= 11 is 0. The molecule has 0 amide bonds. The number of aliphatic hydroxyl groups is 1. The van der Waals surface area contributed by atoms with E-state index in [0.717, 1.165) is 44.2 Å². The number of ether oxygens (including phenoxy) is 2. The molecule has 1 N–H and O–H groups in total. The van der Waals surface area contributed by atoms with Crippen LogP contribution < -0.4 is 9.47 Å². The van der Waals surface area contributed by atoms with Gasteiger partial charge in [0.2, 0.25) is 0 Å². The Labute approximate surface area is 155 Å². The number of piperazine rings is 1. The Bertz CT molecular complexity index is 617. The van der Waals surface area contributed by atoms with E-state index < -0.39 is 0 Å². The highest BCUT2D eigenvalue weighted by molar-refractivity contribution is 5.38. The Kier molecular flexibility index (Phi) is 6.50. The second-order valence-electron chi connectivity index (χ2n) is 6.55. The third-order valence-corrected chi connectivity index (χ3v) is 5.05. The van der Waals surface area contributed by atoms with E-state index in [1.807, 2.05) is 24.3 Å². The molecule has 26 heavy (non-hydrogen) atoms. The van der Waals surface area contributed by atoms with E-state index in [4.69, 9.17) is 14.6 Å². The molecule has 0 unspecified atom stereocenters. The third-order valence-electron chi connectivity index (χ3n) is 5.05. The Balaban J connectivity index is 1.85. The molecule has 1 aliphatic heterocycles. The zero-order chi connectivity index (χ0) is 18.4. The van der Waals surface area contributed by atoms with Crippen molar-refractivity contribution in [3.8, 4) is 11.5 Å². The molecule has 1 heterocycles. The number of rotatable bonds is 7. The average Bonchev–Trinajstić information content (AvgIpc) is 2.71. The zero-order valence-electron chi connectivity index (χ0n) is 15.6. The normalized spacial score (nSPS) is 16.0. The predicted molar refractivity (Wildman–Crippen MR) is 103 cm³/mol. The average molecular weight is 356 g/mol. The minimum Gasteiger partial charge on any atom is -0.497 e. The van der Waals surface area contributed by atoms with Crippen LogP contribution >= 0.6 is 0 Å². The second-order valence-corrected chi connectivity index (χ2v) is 6.55. The Hall–Kier alpha value is -2.08. The van der Waals surface area contributed by atoms with E-state index in [1.165, 1.54) is 11.1 Å². The third kappa shape index (κ3) is 4.36. The molecule has 0 bridgehead atoms. The summed E-state index contributed by atoms with van der Waals surface area (Å²) in [5.41, 5.74) is 2.51. The van der Waals surface area contributed by atoms with Crippen LogP contribution in [0.4, 0.5) is 0 Å². The molecule has 0 atom stereocenters. The fourth-order valence-electron chi connectivity index (χ4n) is 3.57. The molecule has 0 spiro atoms. The van der Waals surface area contributed by atoms with Gasteiger partial charge in [-0.3, -0.25) is 9.80 Å². The molecule has 3 rings (SSSR count). The Morgan fingerprint density at radius 1 is 0.808 bits per heavy atom. The maximum Gasteiger partial charge on any atom is 0.118 e. The monoisotopic (exact) mass is 356 g/mol. The van der Waals surface area contributed by atoms with Gasteiger partial charge < -0.3 is 14.6 Å². The SMILES string of the molecule is COc1ccc(C(c2ccc(OC)cc2)N2CCN(CCO)CC2)cc1. The maximum atomic E-state index is 9.17. The second kappa shape index (κ2) is 9.03. The van der Waals surface area contributed by atoms with Crippen molar-refractivity contribution >= 4 is 0 Å². The van der Waals surface area contributed by atoms with Crippen LogP contribution in [0.2, 0.25) is 0 Å². The van der Waals surface area contributed by atoms with Crippen molar-refractivity contribution in [3.05, 3.63) is 59.7 Å². The molecule has 5 nitrogen and oxygen atoms in total. The molecule has 2 aromatic carbocycles. The van der Waals surface area contributed by atoms with Crippen LogP contribution in [0, 0.1) is 0 Å². The Morgan fingerprint density at radius 3 is 1.65 bits per heavy atom. The number of hydrogen-bond donors (Lipinski definition) is 1. The predicted octanol–water partition coefficient (Wildman–Crippen LogP) is 2.40. The van der Waals surface area contributed by atoms with Crippen LogP contribution in [0.3, 0.4) is 0 Å². The summed E-state index contributed by atoms with van der Waals surface area (Å²) < 4.78 is 10.6. The van der Waals surface area contributed by atoms with E-state index >= 15 is 0 Å². The topological polar surface area (TPSA) is 45.2 Å². The molecule has 0 aromatic heterocycles. The molecule has 1 aliphatic rings. The molecule has 0 saturated carbocycles. The van der Waals surface area contributed by atoms with E-state index in [1.54, 1.807) is 14.2 Å². The van der Waals surface area contributed by atoms with Crippen molar-refractivity contribution in [1.82, 2.24) is 9.80 Å². The van der Waals surface area contributed by atoms with Gasteiger partial charge in [0, 0.05) is 32.7 Å². The number of aliphatic hydroxyl groups excluding tert-OH is 1. The zero-order valence-corrected chi connectivity index (χ0v) is 15.6. The first-order valence-corrected chi connectivity index (χ1v) is 9.10. The van der Waals surface area contributed by atoms with Gasteiger partial charge in [-0.1, -0.05) is 24.3 Å². The van der Waals surface area contributed by atoms with Crippen LogP contribution in [0.25, 0.3) is 0 Å². The lowest BCUT2D eigenvalue weighted by Crippen LogP contribution is -2.48. The van der Waals surface area contributed by atoms with Gasteiger partial charge >= 0.3 is 0 Å². The molecule has 0 aliphatic carbocycles. The first-order chi connectivity index (χ1) is 12.7. The lowest BCUT2D eigenvalue weighted by atomic mass is 9.96. The van der Waals surface area contributed by atoms with Gasteiger partial charge in [0.05, 0.1) is 26.9 Å². The van der Waals surface area contributed by atoms with Crippen molar-refractivity contribution in [2.24, 2.45) is 0 Å². The molecular weight excluding hydrogens is 328 g/mol. The molecule has 5 heteroatoms. The summed E-state index contributed by atoms with van der Waals surface area (Å²) in [6.07, 6.45) is 0. The summed E-state index contributed by atoms with van der Waals surface area (Å²) in [6, 6.07) is 16.9. The summed E-state index contributed by atoms with van der Waals surface area (Å²) in [6.45, 7) is 4.88. The van der Waals surface area contributed by atoms with Gasteiger partial charge in [-0.2, -0.15) is 0 Å². The van der Waals surface area contributed by atoms with Gasteiger partial charge in [0.15, 0.2) is 0 Å². The number of nitrogens with zero attached hydrogens (tertiary/aromatic N) is 2. The van der Waals surface area contributed by atoms with Gasteiger partial charge in [-0.05, 0) is 35.4 Å². The van der Waals surface area contributed by atoms with Crippen LogP contribution in [-0.4, -0.2) is 68.5 Å². The minimum atomic E-state index is 0.197. The molecule has 140 valence electrons. The van der Waals surface area contributed by atoms with E-state index in [9.17, 15) is 0 Å². The highest BCUT2D eigenvalue weighted by Crippen LogP contribution is 2.31.